The number of hydrogen-bond acceptors (Lipinski definition) is 6. The summed E-state index contributed by atoms with van der Waals surface area (Å²) in [5, 5.41) is 3.83. The Bertz CT molecular complexity index is 752. The summed E-state index contributed by atoms with van der Waals surface area (Å²) in [4.78, 5) is 20.3. The molecule has 140 valence electrons. The number of aromatic nitrogens is 2. The van der Waals surface area contributed by atoms with E-state index < -0.39 is 11.7 Å². The van der Waals surface area contributed by atoms with E-state index in [2.05, 4.69) is 15.0 Å². The average Bonchev–Trinajstić information content (AvgIpc) is 3.09. The van der Waals surface area contributed by atoms with E-state index in [-0.39, 0.29) is 18.0 Å². The third-order valence-electron chi connectivity index (χ3n) is 4.17. The molecule has 1 aliphatic heterocycles. The highest BCUT2D eigenvalue weighted by Crippen LogP contribution is 2.29. The predicted molar refractivity (Wildman–Crippen MR) is 84.8 cm³/mol. The molecule has 1 aliphatic rings. The number of alkyl halides is 3. The number of carbonyl (C=O) groups is 1. The Morgan fingerprint density at radius 2 is 1.81 bits per heavy atom. The minimum absolute atomic E-state index is 0.183. The molecule has 1 aromatic carbocycles. The second kappa shape index (κ2) is 7.42. The summed E-state index contributed by atoms with van der Waals surface area (Å²) in [6, 6.07) is 4.28. The molecular formula is C16H18F3N5O2. The lowest BCUT2D eigenvalue weighted by atomic mass is 10.1. The van der Waals surface area contributed by atoms with Crippen molar-refractivity contribution in [1.29, 1.82) is 0 Å². The van der Waals surface area contributed by atoms with Crippen molar-refractivity contribution in [2.24, 2.45) is 5.73 Å². The van der Waals surface area contributed by atoms with Gasteiger partial charge in [-0.05, 0) is 24.3 Å². The van der Waals surface area contributed by atoms with Gasteiger partial charge in [0.05, 0.1) is 18.7 Å². The summed E-state index contributed by atoms with van der Waals surface area (Å²) in [6.07, 6.45) is -4.41. The normalized spacial score (nSPS) is 16.1. The van der Waals surface area contributed by atoms with Crippen LogP contribution >= 0.6 is 0 Å². The lowest BCUT2D eigenvalue weighted by Crippen LogP contribution is -2.48. The van der Waals surface area contributed by atoms with E-state index in [0.29, 0.717) is 44.4 Å². The standard InChI is InChI=1S/C16H18F3N5O2/c17-16(18,19)12-3-1-11(2-4-12)15(25)24-7-5-23(6-8-24)10-13-21-14(9-20)26-22-13/h1-4H,5-10,20H2. The molecule has 10 heteroatoms. The van der Waals surface area contributed by atoms with Gasteiger partial charge in [-0.25, -0.2) is 0 Å². The zero-order valence-electron chi connectivity index (χ0n) is 13.9. The van der Waals surface area contributed by atoms with Gasteiger partial charge in [0.1, 0.15) is 0 Å². The first-order valence-electron chi connectivity index (χ1n) is 8.07. The van der Waals surface area contributed by atoms with Crippen molar-refractivity contribution in [1.82, 2.24) is 19.9 Å². The topological polar surface area (TPSA) is 88.5 Å². The third kappa shape index (κ3) is 4.20. The second-order valence-corrected chi connectivity index (χ2v) is 5.95. The number of rotatable bonds is 4. The zero-order chi connectivity index (χ0) is 18.7. The van der Waals surface area contributed by atoms with Crippen molar-refractivity contribution in [2.75, 3.05) is 26.2 Å². The van der Waals surface area contributed by atoms with Crippen LogP contribution in [0.4, 0.5) is 13.2 Å². The van der Waals surface area contributed by atoms with E-state index in [9.17, 15) is 18.0 Å². The van der Waals surface area contributed by atoms with E-state index in [4.69, 9.17) is 10.3 Å². The highest BCUT2D eigenvalue weighted by atomic mass is 19.4. The molecule has 0 spiro atoms. The van der Waals surface area contributed by atoms with Crippen LogP contribution in [0.3, 0.4) is 0 Å². The van der Waals surface area contributed by atoms with Gasteiger partial charge in [-0.15, -0.1) is 0 Å². The molecule has 26 heavy (non-hydrogen) atoms. The van der Waals surface area contributed by atoms with E-state index in [1.54, 1.807) is 4.90 Å². The van der Waals surface area contributed by atoms with E-state index in [0.717, 1.165) is 12.1 Å². The molecule has 1 fully saturated rings. The van der Waals surface area contributed by atoms with Gasteiger partial charge in [-0.3, -0.25) is 9.69 Å². The first-order valence-corrected chi connectivity index (χ1v) is 8.07. The molecule has 3 rings (SSSR count). The van der Waals surface area contributed by atoms with Crippen molar-refractivity contribution in [3.8, 4) is 0 Å². The van der Waals surface area contributed by atoms with Crippen molar-refractivity contribution < 1.29 is 22.5 Å². The van der Waals surface area contributed by atoms with Crippen LogP contribution in [-0.2, 0) is 19.3 Å². The van der Waals surface area contributed by atoms with E-state index in [1.807, 2.05) is 0 Å². The molecule has 0 bridgehead atoms. The molecular weight excluding hydrogens is 351 g/mol. The fourth-order valence-corrected chi connectivity index (χ4v) is 2.73. The number of nitrogens with two attached hydrogens (primary N) is 1. The minimum Gasteiger partial charge on any atom is -0.338 e. The van der Waals surface area contributed by atoms with Crippen LogP contribution in [0, 0.1) is 0 Å². The first-order chi connectivity index (χ1) is 12.4. The number of nitrogens with zero attached hydrogens (tertiary/aromatic N) is 4. The van der Waals surface area contributed by atoms with Crippen LogP contribution in [0.5, 0.6) is 0 Å². The molecule has 2 aromatic rings. The van der Waals surface area contributed by atoms with Crippen LogP contribution in [0.2, 0.25) is 0 Å². The molecule has 2 N–H and O–H groups in total. The van der Waals surface area contributed by atoms with E-state index in [1.165, 1.54) is 12.1 Å². The van der Waals surface area contributed by atoms with Gasteiger partial charge in [-0.2, -0.15) is 18.2 Å². The maximum absolute atomic E-state index is 12.6. The Hall–Kier alpha value is -2.46. The Kier molecular flexibility index (Phi) is 5.23. The monoisotopic (exact) mass is 369 g/mol. The molecule has 0 aliphatic carbocycles. The van der Waals surface area contributed by atoms with Crippen molar-refractivity contribution in [2.45, 2.75) is 19.3 Å². The molecule has 0 radical (unpaired) electrons. The Balaban J connectivity index is 1.54. The summed E-state index contributed by atoms with van der Waals surface area (Å²) in [5.41, 5.74) is 4.90. The highest BCUT2D eigenvalue weighted by Gasteiger charge is 2.30. The maximum atomic E-state index is 12.6. The third-order valence-corrected chi connectivity index (χ3v) is 4.17. The first kappa shape index (κ1) is 18.3. The lowest BCUT2D eigenvalue weighted by Gasteiger charge is -2.34. The SMILES string of the molecule is NCc1nc(CN2CCN(C(=O)c3ccc(C(F)(F)F)cc3)CC2)no1. The number of carbonyl (C=O) groups excluding carboxylic acids is 1. The number of benzene rings is 1. The van der Waals surface area contributed by atoms with Gasteiger partial charge in [-0.1, -0.05) is 5.16 Å². The molecule has 1 aromatic heterocycles. The summed E-state index contributed by atoms with van der Waals surface area (Å²) < 4.78 is 42.7. The molecule has 2 heterocycles. The smallest absolute Gasteiger partial charge is 0.338 e. The summed E-state index contributed by atoms with van der Waals surface area (Å²) >= 11 is 0. The highest BCUT2D eigenvalue weighted by molar-refractivity contribution is 5.94. The number of amides is 1. The Morgan fingerprint density at radius 1 is 1.15 bits per heavy atom. The predicted octanol–water partition coefficient (Wildman–Crippen LogP) is 1.51. The fraction of sp³-hybridized carbons (Fsp3) is 0.438. The zero-order valence-corrected chi connectivity index (χ0v) is 13.9. The summed E-state index contributed by atoms with van der Waals surface area (Å²) in [6.45, 7) is 2.84. The number of hydrogen-bond donors (Lipinski definition) is 1. The quantitative estimate of drug-likeness (QED) is 0.879. The van der Waals surface area contributed by atoms with Gasteiger partial charge < -0.3 is 15.2 Å². The Morgan fingerprint density at radius 3 is 2.35 bits per heavy atom. The summed E-state index contributed by atoms with van der Waals surface area (Å²) in [7, 11) is 0. The van der Waals surface area contributed by atoms with Crippen molar-refractivity contribution >= 4 is 5.91 Å². The van der Waals surface area contributed by atoms with Gasteiger partial charge in [0.2, 0.25) is 5.89 Å². The van der Waals surface area contributed by atoms with Gasteiger partial charge in [0, 0.05) is 31.7 Å². The maximum Gasteiger partial charge on any atom is 0.416 e. The van der Waals surface area contributed by atoms with Crippen molar-refractivity contribution in [3.05, 3.63) is 47.1 Å². The van der Waals surface area contributed by atoms with Gasteiger partial charge >= 0.3 is 6.18 Å². The molecule has 0 atom stereocenters. The molecule has 0 saturated carbocycles. The Labute approximate surface area is 147 Å². The number of halogens is 3. The van der Waals surface area contributed by atoms with Crippen LogP contribution in [-0.4, -0.2) is 52.0 Å². The molecule has 1 amide bonds. The van der Waals surface area contributed by atoms with Crippen molar-refractivity contribution in [3.63, 3.8) is 0 Å². The average molecular weight is 369 g/mol. The van der Waals surface area contributed by atoms with Crippen LogP contribution < -0.4 is 5.73 Å². The lowest BCUT2D eigenvalue weighted by molar-refractivity contribution is -0.137. The summed E-state index contributed by atoms with van der Waals surface area (Å²) in [5.74, 6) is 0.632. The van der Waals surface area contributed by atoms with Crippen LogP contribution in [0.1, 0.15) is 27.6 Å². The minimum atomic E-state index is -4.41. The van der Waals surface area contributed by atoms with Gasteiger partial charge in [0.15, 0.2) is 5.82 Å². The van der Waals surface area contributed by atoms with Crippen LogP contribution in [0.15, 0.2) is 28.8 Å². The molecule has 1 saturated heterocycles. The molecule has 7 nitrogen and oxygen atoms in total. The largest absolute Gasteiger partial charge is 0.416 e. The fourth-order valence-electron chi connectivity index (χ4n) is 2.73. The number of piperazine rings is 1. The van der Waals surface area contributed by atoms with E-state index >= 15 is 0 Å². The molecule has 0 unspecified atom stereocenters. The van der Waals surface area contributed by atoms with Crippen LogP contribution in [0.25, 0.3) is 0 Å². The van der Waals surface area contributed by atoms with Gasteiger partial charge in [0.25, 0.3) is 5.91 Å². The second-order valence-electron chi connectivity index (χ2n) is 5.95.